The molecule has 0 bridgehead atoms. The Morgan fingerprint density at radius 1 is 0.478 bits per heavy atom. The van der Waals surface area contributed by atoms with Crippen LogP contribution in [0.3, 0.4) is 0 Å². The molecule has 0 aliphatic heterocycles. The van der Waals surface area contributed by atoms with E-state index in [-0.39, 0.29) is 26.4 Å². The Bertz CT molecular complexity index is 271. The van der Waals surface area contributed by atoms with Gasteiger partial charge in [-0.3, -0.25) is 0 Å². The van der Waals surface area contributed by atoms with Crippen molar-refractivity contribution in [1.29, 1.82) is 0 Å². The minimum absolute atomic E-state index is 0.0767. The van der Waals surface area contributed by atoms with Crippen molar-refractivity contribution in [1.82, 2.24) is 0 Å². The third-order valence-corrected chi connectivity index (χ3v) is 9.65. The summed E-state index contributed by atoms with van der Waals surface area (Å²) in [6.45, 7) is -2.13. The van der Waals surface area contributed by atoms with Gasteiger partial charge in [-0.05, 0) is 0 Å². The van der Waals surface area contributed by atoms with E-state index >= 15 is 5.78 Å². The zero-order valence-electron chi connectivity index (χ0n) is 14.1. The standard InChI is InChI=1S/C12H28F2O8Te/c1-15-5-9-19-23(13,14,20-10-6-16-2,21-11-7-17-3)22-12-8-18-4/h5-12H2,1-4H3. The van der Waals surface area contributed by atoms with E-state index in [1.54, 1.807) is 0 Å². The molecule has 0 radical (unpaired) electrons. The second kappa shape index (κ2) is 10.3. The first-order valence-corrected chi connectivity index (χ1v) is 12.5. The summed E-state index contributed by atoms with van der Waals surface area (Å²) >= 11 is -8.19. The molecule has 0 spiro atoms. The van der Waals surface area contributed by atoms with Crippen molar-refractivity contribution < 1.29 is 37.1 Å². The molecule has 11 heteroatoms. The number of hydrogen-bond donors (Lipinski definition) is 0. The maximum atomic E-state index is 15.6. The molecular formula is C12H28F2O8Te. The molecule has 0 aliphatic rings. The molecule has 0 aromatic carbocycles. The third kappa shape index (κ3) is 8.83. The number of ether oxygens (including phenoxy) is 4. The Kier molecular flexibility index (Phi) is 10.5. The van der Waals surface area contributed by atoms with Crippen molar-refractivity contribution in [3.05, 3.63) is 0 Å². The maximum absolute atomic E-state index is 15.6. The number of halogens is 2. The van der Waals surface area contributed by atoms with Crippen LogP contribution in [-0.4, -0.2) is 99.5 Å². The zero-order chi connectivity index (χ0) is 17.7. The average Bonchev–Trinajstić information content (AvgIpc) is 2.49. The van der Waals surface area contributed by atoms with Gasteiger partial charge in [-0.25, -0.2) is 0 Å². The van der Waals surface area contributed by atoms with E-state index in [0.717, 1.165) is 0 Å². The molecule has 0 amide bonds. The molecule has 0 atom stereocenters. The normalized spacial score (nSPS) is 15.4. The fraction of sp³-hybridized carbons (Fsp3) is 1.00. The topological polar surface area (TPSA) is 73.8 Å². The number of rotatable bonds is 16. The van der Waals surface area contributed by atoms with Gasteiger partial charge in [0, 0.05) is 0 Å². The van der Waals surface area contributed by atoms with E-state index in [2.05, 4.69) is 0 Å². The van der Waals surface area contributed by atoms with E-state index in [9.17, 15) is 0 Å². The molecule has 23 heavy (non-hydrogen) atoms. The van der Waals surface area contributed by atoms with Gasteiger partial charge in [-0.2, -0.15) is 0 Å². The van der Waals surface area contributed by atoms with Gasteiger partial charge < -0.3 is 0 Å². The van der Waals surface area contributed by atoms with Crippen LogP contribution in [0.2, 0.25) is 0 Å². The van der Waals surface area contributed by atoms with Crippen molar-refractivity contribution in [2.24, 2.45) is 0 Å². The molecule has 0 saturated heterocycles. The molecule has 0 rings (SSSR count). The Morgan fingerprint density at radius 3 is 0.870 bits per heavy atom. The van der Waals surface area contributed by atoms with Crippen LogP contribution in [-0.2, 0) is 31.4 Å². The molecular weight excluding hydrogens is 438 g/mol. The fourth-order valence-corrected chi connectivity index (χ4v) is 7.04. The van der Waals surface area contributed by atoms with Gasteiger partial charge in [0.05, 0.1) is 0 Å². The molecule has 0 fully saturated rings. The molecule has 144 valence electrons. The van der Waals surface area contributed by atoms with Crippen LogP contribution in [0.5, 0.6) is 0 Å². The summed E-state index contributed by atoms with van der Waals surface area (Å²) in [5, 5.41) is 0. The second-order valence-electron chi connectivity index (χ2n) is 4.23. The molecule has 0 unspecified atom stereocenters. The van der Waals surface area contributed by atoms with Crippen molar-refractivity contribution in [2.75, 3.05) is 81.3 Å². The van der Waals surface area contributed by atoms with Gasteiger partial charge in [-0.15, -0.1) is 0 Å². The van der Waals surface area contributed by atoms with Gasteiger partial charge in [0.25, 0.3) is 0 Å². The van der Waals surface area contributed by atoms with E-state index < -0.39 is 44.6 Å². The van der Waals surface area contributed by atoms with Crippen LogP contribution < -0.4 is 0 Å². The van der Waals surface area contributed by atoms with Crippen LogP contribution in [0.15, 0.2) is 0 Å². The molecule has 0 aromatic rings. The van der Waals surface area contributed by atoms with Gasteiger partial charge >= 0.3 is 137 Å². The van der Waals surface area contributed by atoms with Crippen LogP contribution in [0.4, 0.5) is 5.78 Å². The van der Waals surface area contributed by atoms with Gasteiger partial charge in [0.15, 0.2) is 0 Å². The summed E-state index contributed by atoms with van der Waals surface area (Å²) in [6.07, 6.45) is 0. The van der Waals surface area contributed by atoms with E-state index in [0.29, 0.717) is 0 Å². The predicted octanol–water partition coefficient (Wildman–Crippen LogP) is 0.914. The quantitative estimate of drug-likeness (QED) is 0.246. The zero-order valence-corrected chi connectivity index (χ0v) is 16.4. The molecule has 8 nitrogen and oxygen atoms in total. The first kappa shape index (κ1) is 23.3. The summed E-state index contributed by atoms with van der Waals surface area (Å²) in [4.78, 5) is 0. The van der Waals surface area contributed by atoms with Gasteiger partial charge in [0.2, 0.25) is 0 Å². The van der Waals surface area contributed by atoms with E-state index in [4.69, 9.17) is 31.4 Å². The molecule has 0 saturated carbocycles. The van der Waals surface area contributed by atoms with Crippen molar-refractivity contribution >= 4 is 18.2 Å². The monoisotopic (exact) mass is 468 g/mol. The Labute approximate surface area is 137 Å². The van der Waals surface area contributed by atoms with E-state index in [1.807, 2.05) is 0 Å². The first-order valence-electron chi connectivity index (χ1n) is 6.92. The molecule has 0 aliphatic carbocycles. The van der Waals surface area contributed by atoms with E-state index in [1.165, 1.54) is 28.4 Å². The fourth-order valence-electron chi connectivity index (χ4n) is 1.33. The third-order valence-electron chi connectivity index (χ3n) is 2.42. The molecule has 0 heterocycles. The van der Waals surface area contributed by atoms with Crippen LogP contribution in [0.25, 0.3) is 0 Å². The summed E-state index contributed by atoms with van der Waals surface area (Å²) in [6, 6.07) is 0. The first-order chi connectivity index (χ1) is 10.8. The number of methoxy groups -OCH3 is 4. The summed E-state index contributed by atoms with van der Waals surface area (Å²) < 4.78 is 69.2. The summed E-state index contributed by atoms with van der Waals surface area (Å²) in [7, 11) is 5.43. The van der Waals surface area contributed by atoms with Gasteiger partial charge in [0.1, 0.15) is 0 Å². The minimum atomic E-state index is -8.19. The van der Waals surface area contributed by atoms with Crippen molar-refractivity contribution in [3.8, 4) is 0 Å². The van der Waals surface area contributed by atoms with Gasteiger partial charge in [-0.1, -0.05) is 0 Å². The molecule has 0 aromatic heterocycles. The second-order valence-corrected chi connectivity index (χ2v) is 12.5. The number of hydrogen-bond acceptors (Lipinski definition) is 8. The SMILES string of the molecule is COCCO[Te](F)(F)(OCCOC)(OCCOC)OCCOC. The summed E-state index contributed by atoms with van der Waals surface area (Å²) in [5.41, 5.74) is 0. The Balaban J connectivity index is 5.28. The Hall–Kier alpha value is 0.330. The van der Waals surface area contributed by atoms with Crippen LogP contribution in [0.1, 0.15) is 0 Å². The van der Waals surface area contributed by atoms with Crippen molar-refractivity contribution in [3.63, 3.8) is 0 Å². The summed E-state index contributed by atoms with van der Waals surface area (Å²) in [5.74, 6) is 0. The molecule has 0 N–H and O–H groups in total. The van der Waals surface area contributed by atoms with Crippen LogP contribution in [0, 0.1) is 0 Å². The average molecular weight is 466 g/mol. The predicted molar refractivity (Wildman–Crippen MR) is 79.3 cm³/mol. The van der Waals surface area contributed by atoms with Crippen molar-refractivity contribution in [2.45, 2.75) is 0 Å². The Morgan fingerprint density at radius 2 is 0.696 bits per heavy atom. The van der Waals surface area contributed by atoms with Crippen LogP contribution >= 0.6 is 0 Å².